The molecule has 2 aromatic rings. The number of rotatable bonds is 7. The summed E-state index contributed by atoms with van der Waals surface area (Å²) in [4.78, 5) is 0.983. The van der Waals surface area contributed by atoms with Gasteiger partial charge in [0.25, 0.3) is 0 Å². The number of nitrogens with two attached hydrogens (primary N) is 1. The molecule has 1 heterocycles. The van der Waals surface area contributed by atoms with Gasteiger partial charge in [-0.3, -0.25) is 0 Å². The van der Waals surface area contributed by atoms with Gasteiger partial charge in [-0.1, -0.05) is 25.1 Å². The van der Waals surface area contributed by atoms with Gasteiger partial charge >= 0.3 is 0 Å². The molecule has 0 saturated carbocycles. The SMILES string of the molecule is CCC(COC)NS(=O)(=O)c1c(CN)sc2ccccc12. The Balaban J connectivity index is 2.48. The molecule has 116 valence electrons. The summed E-state index contributed by atoms with van der Waals surface area (Å²) in [6, 6.07) is 7.20. The highest BCUT2D eigenvalue weighted by atomic mass is 32.2. The Kier molecular flexibility index (Phi) is 5.34. The molecule has 0 radical (unpaired) electrons. The van der Waals surface area contributed by atoms with Gasteiger partial charge in [-0.15, -0.1) is 11.3 Å². The van der Waals surface area contributed by atoms with Gasteiger partial charge in [-0.25, -0.2) is 13.1 Å². The number of sulfonamides is 1. The third kappa shape index (κ3) is 3.44. The Morgan fingerprint density at radius 1 is 1.38 bits per heavy atom. The minimum Gasteiger partial charge on any atom is -0.383 e. The number of thiophene rings is 1. The lowest BCUT2D eigenvalue weighted by molar-refractivity contribution is 0.173. The second-order valence-electron chi connectivity index (χ2n) is 4.74. The molecule has 21 heavy (non-hydrogen) atoms. The van der Waals surface area contributed by atoms with E-state index in [1.54, 1.807) is 7.11 Å². The summed E-state index contributed by atoms with van der Waals surface area (Å²) >= 11 is 1.42. The average Bonchev–Trinajstić information content (AvgIpc) is 2.85. The Labute approximate surface area is 129 Å². The molecule has 0 aliphatic rings. The number of hydrogen-bond donors (Lipinski definition) is 2. The number of ether oxygens (including phenoxy) is 1. The molecule has 3 N–H and O–H groups in total. The van der Waals surface area contributed by atoms with E-state index in [0.717, 1.165) is 10.1 Å². The molecule has 0 aliphatic carbocycles. The van der Waals surface area contributed by atoms with Gasteiger partial charge in [-0.2, -0.15) is 0 Å². The average molecular weight is 328 g/mol. The number of fused-ring (bicyclic) bond motifs is 1. The Hall–Kier alpha value is -0.990. The monoisotopic (exact) mass is 328 g/mol. The number of hydrogen-bond acceptors (Lipinski definition) is 5. The highest BCUT2D eigenvalue weighted by molar-refractivity contribution is 7.90. The first-order valence-corrected chi connectivity index (χ1v) is 9.05. The minimum absolute atomic E-state index is 0.205. The molecule has 0 amide bonds. The van der Waals surface area contributed by atoms with Crippen molar-refractivity contribution in [2.45, 2.75) is 30.8 Å². The van der Waals surface area contributed by atoms with E-state index in [2.05, 4.69) is 4.72 Å². The molecular formula is C14H20N2O3S2. The maximum absolute atomic E-state index is 12.7. The Morgan fingerprint density at radius 3 is 2.71 bits per heavy atom. The lowest BCUT2D eigenvalue weighted by atomic mass is 10.2. The fourth-order valence-electron chi connectivity index (χ4n) is 2.22. The zero-order valence-corrected chi connectivity index (χ0v) is 13.8. The minimum atomic E-state index is -3.62. The number of nitrogens with one attached hydrogen (secondary N) is 1. The van der Waals surface area contributed by atoms with Crippen LogP contribution in [0.25, 0.3) is 10.1 Å². The zero-order valence-electron chi connectivity index (χ0n) is 12.1. The molecule has 0 bridgehead atoms. The lowest BCUT2D eigenvalue weighted by Crippen LogP contribution is -2.37. The maximum atomic E-state index is 12.7. The van der Waals surface area contributed by atoms with Crippen LogP contribution in [0.4, 0.5) is 0 Å². The van der Waals surface area contributed by atoms with Gasteiger partial charge in [-0.05, 0) is 12.5 Å². The van der Waals surface area contributed by atoms with E-state index >= 15 is 0 Å². The largest absolute Gasteiger partial charge is 0.383 e. The van der Waals surface area contributed by atoms with Gasteiger partial charge < -0.3 is 10.5 Å². The third-order valence-corrected chi connectivity index (χ3v) is 6.22. The van der Waals surface area contributed by atoms with Crippen molar-refractivity contribution >= 4 is 31.4 Å². The quantitative estimate of drug-likeness (QED) is 0.815. The fourth-order valence-corrected chi connectivity index (χ4v) is 5.36. The van der Waals surface area contributed by atoms with Gasteiger partial charge in [0.05, 0.1) is 6.61 Å². The van der Waals surface area contributed by atoms with Crippen molar-refractivity contribution < 1.29 is 13.2 Å². The van der Waals surface area contributed by atoms with Gasteiger partial charge in [0.1, 0.15) is 4.90 Å². The summed E-state index contributed by atoms with van der Waals surface area (Å²) < 4.78 is 34.1. The van der Waals surface area contributed by atoms with Crippen LogP contribution in [0.5, 0.6) is 0 Å². The van der Waals surface area contributed by atoms with Crippen LogP contribution in [-0.2, 0) is 21.3 Å². The second-order valence-corrected chi connectivity index (χ2v) is 7.52. The van der Waals surface area contributed by atoms with Crippen LogP contribution in [0.3, 0.4) is 0 Å². The van der Waals surface area contributed by atoms with Gasteiger partial charge in [0.15, 0.2) is 0 Å². The zero-order chi connectivity index (χ0) is 15.5. The summed E-state index contributed by atoms with van der Waals surface area (Å²) in [5, 5.41) is 0.725. The Morgan fingerprint density at radius 2 is 2.10 bits per heavy atom. The molecule has 0 saturated heterocycles. The van der Waals surface area contributed by atoms with Crippen molar-refractivity contribution in [2.24, 2.45) is 5.73 Å². The first-order chi connectivity index (χ1) is 10.0. The summed E-state index contributed by atoms with van der Waals surface area (Å²) in [5.74, 6) is 0. The predicted octanol–water partition coefficient (Wildman–Crippen LogP) is 2.06. The van der Waals surface area contributed by atoms with E-state index in [4.69, 9.17) is 10.5 Å². The van der Waals surface area contributed by atoms with Gasteiger partial charge in [0, 0.05) is 34.7 Å². The third-order valence-electron chi connectivity index (χ3n) is 3.25. The molecule has 1 aromatic carbocycles. The number of methoxy groups -OCH3 is 1. The standard InChI is InChI=1S/C14H20N2O3S2/c1-3-10(9-19-2)16-21(17,18)14-11-6-4-5-7-12(11)20-13(14)8-15/h4-7,10,16H,3,8-9,15H2,1-2H3. The Bertz CT molecular complexity index is 710. The fraction of sp³-hybridized carbons (Fsp3) is 0.429. The van der Waals surface area contributed by atoms with E-state index in [0.29, 0.717) is 22.8 Å². The van der Waals surface area contributed by atoms with Crippen LogP contribution in [0.2, 0.25) is 0 Å². The smallest absolute Gasteiger partial charge is 0.242 e. The maximum Gasteiger partial charge on any atom is 0.242 e. The molecule has 1 unspecified atom stereocenters. The van der Waals surface area contributed by atoms with Crippen molar-refractivity contribution in [3.05, 3.63) is 29.1 Å². The topological polar surface area (TPSA) is 81.4 Å². The molecule has 5 nitrogen and oxygen atoms in total. The highest BCUT2D eigenvalue weighted by Crippen LogP contribution is 2.34. The molecule has 2 rings (SSSR count). The van der Waals surface area contributed by atoms with Crippen LogP contribution < -0.4 is 10.5 Å². The first kappa shape index (κ1) is 16.4. The van der Waals surface area contributed by atoms with Crippen molar-refractivity contribution in [3.8, 4) is 0 Å². The van der Waals surface area contributed by atoms with Crippen molar-refractivity contribution in [3.63, 3.8) is 0 Å². The van der Waals surface area contributed by atoms with Crippen LogP contribution in [0, 0.1) is 0 Å². The normalized spacial score (nSPS) is 13.7. The summed E-state index contributed by atoms with van der Waals surface area (Å²) in [7, 11) is -2.06. The molecule has 0 aliphatic heterocycles. The second kappa shape index (κ2) is 6.85. The van der Waals surface area contributed by atoms with Crippen LogP contribution in [0.1, 0.15) is 18.2 Å². The van der Waals surface area contributed by atoms with Crippen LogP contribution >= 0.6 is 11.3 Å². The van der Waals surface area contributed by atoms with Crippen molar-refractivity contribution in [2.75, 3.05) is 13.7 Å². The van der Waals surface area contributed by atoms with Crippen LogP contribution in [0.15, 0.2) is 29.2 Å². The molecule has 1 atom stereocenters. The van der Waals surface area contributed by atoms with E-state index < -0.39 is 10.0 Å². The summed E-state index contributed by atoms with van der Waals surface area (Å²) in [5.41, 5.74) is 5.73. The number of benzene rings is 1. The molecular weight excluding hydrogens is 308 g/mol. The van der Waals surface area contributed by atoms with Crippen LogP contribution in [-0.4, -0.2) is 28.2 Å². The molecule has 0 fully saturated rings. The first-order valence-electron chi connectivity index (χ1n) is 6.75. The van der Waals surface area contributed by atoms with Crippen molar-refractivity contribution in [1.29, 1.82) is 0 Å². The summed E-state index contributed by atoms with van der Waals surface area (Å²) in [6.07, 6.45) is 0.660. The van der Waals surface area contributed by atoms with E-state index in [1.165, 1.54) is 11.3 Å². The van der Waals surface area contributed by atoms with E-state index in [9.17, 15) is 8.42 Å². The molecule has 1 aromatic heterocycles. The lowest BCUT2D eigenvalue weighted by Gasteiger charge is -2.16. The van der Waals surface area contributed by atoms with Gasteiger partial charge in [0.2, 0.25) is 10.0 Å². The molecule has 7 heteroatoms. The van der Waals surface area contributed by atoms with E-state index in [-0.39, 0.29) is 12.6 Å². The highest BCUT2D eigenvalue weighted by Gasteiger charge is 2.26. The van der Waals surface area contributed by atoms with E-state index in [1.807, 2.05) is 31.2 Å². The predicted molar refractivity (Wildman–Crippen MR) is 86.0 cm³/mol. The molecule has 0 spiro atoms. The summed E-state index contributed by atoms with van der Waals surface area (Å²) in [6.45, 7) is 2.47. The van der Waals surface area contributed by atoms with Crippen molar-refractivity contribution in [1.82, 2.24) is 4.72 Å².